The summed E-state index contributed by atoms with van der Waals surface area (Å²) >= 11 is 0. The molecule has 0 amide bonds. The van der Waals surface area contributed by atoms with Crippen molar-refractivity contribution in [3.05, 3.63) is 25.3 Å². The average molecular weight is 168 g/mol. The van der Waals surface area contributed by atoms with Crippen LogP contribution in [-0.2, 0) is 0 Å². The van der Waals surface area contributed by atoms with Gasteiger partial charge in [-0.05, 0) is 13.3 Å². The van der Waals surface area contributed by atoms with Crippen LogP contribution in [0.15, 0.2) is 25.3 Å². The maximum Gasteiger partial charge on any atom is -0.0351 e. The van der Waals surface area contributed by atoms with E-state index in [1.807, 2.05) is 0 Å². The molecule has 0 spiro atoms. The van der Waals surface area contributed by atoms with E-state index < -0.39 is 0 Å². The van der Waals surface area contributed by atoms with Gasteiger partial charge in [0, 0.05) is 0 Å². The highest BCUT2D eigenvalue weighted by Crippen LogP contribution is 1.93. The molecule has 0 aromatic rings. The molecule has 0 bridgehead atoms. The molecular formula is C12H24. The fourth-order valence-corrected chi connectivity index (χ4v) is 0.489. The van der Waals surface area contributed by atoms with Crippen molar-refractivity contribution in [2.45, 2.75) is 40.5 Å². The van der Waals surface area contributed by atoms with E-state index in [2.05, 4.69) is 52.0 Å². The Hall–Kier alpha value is -0.960. The maximum atomic E-state index is 4.00. The molecular weight excluding hydrogens is 144 g/mol. The average Bonchev–Trinajstić information content (AvgIpc) is 2.13. The smallest absolute Gasteiger partial charge is 0.0351 e. The number of hydrogen-bond acceptors (Lipinski definition) is 0. The lowest BCUT2D eigenvalue weighted by Crippen LogP contribution is -1.63. The zero-order valence-electron chi connectivity index (χ0n) is 7.84. The Bertz CT molecular complexity index is 77.3. The normalized spacial score (nSPS) is 6.67. The third-order valence-corrected chi connectivity index (χ3v) is 0.960. The zero-order chi connectivity index (χ0) is 9.54. The largest absolute Gasteiger partial charge is 0.124 e. The van der Waals surface area contributed by atoms with Crippen LogP contribution in [-0.4, -0.2) is 0 Å². The number of terminal acetylenes is 1. The quantitative estimate of drug-likeness (QED) is 0.332. The predicted molar refractivity (Wildman–Crippen MR) is 62.2 cm³/mol. The van der Waals surface area contributed by atoms with E-state index in [0.717, 1.165) is 0 Å². The molecule has 0 unspecified atom stereocenters. The lowest BCUT2D eigenvalue weighted by atomic mass is 10.2. The van der Waals surface area contributed by atoms with Crippen molar-refractivity contribution < 1.29 is 0 Å². The standard InChI is InChI=1S/C7H14.C2H4.C2H2.CH4/c1-3-5-7-6-4-2;2*1-2;/h3,5H,4,6-7H2,1-2H3;1-2H2;1-2H;1H4. The molecule has 0 saturated heterocycles. The molecule has 0 aromatic carbocycles. The topological polar surface area (TPSA) is 0 Å². The van der Waals surface area contributed by atoms with Crippen LogP contribution in [0.2, 0.25) is 0 Å². The van der Waals surface area contributed by atoms with Crippen molar-refractivity contribution >= 4 is 0 Å². The summed E-state index contributed by atoms with van der Waals surface area (Å²) in [5.41, 5.74) is 0. The summed E-state index contributed by atoms with van der Waals surface area (Å²) in [5.74, 6) is 0. The summed E-state index contributed by atoms with van der Waals surface area (Å²) in [6.07, 6.45) is 16.2. The summed E-state index contributed by atoms with van der Waals surface area (Å²) in [6.45, 7) is 10.3. The number of unbranched alkanes of at least 4 members (excludes halogenated alkanes) is 2. The Morgan fingerprint density at radius 2 is 1.67 bits per heavy atom. The molecule has 0 saturated carbocycles. The van der Waals surface area contributed by atoms with Gasteiger partial charge in [-0.25, -0.2) is 0 Å². The van der Waals surface area contributed by atoms with Crippen LogP contribution in [0.1, 0.15) is 40.5 Å². The van der Waals surface area contributed by atoms with Gasteiger partial charge in [0.1, 0.15) is 0 Å². The molecule has 72 valence electrons. The molecule has 0 rings (SSSR count). The molecule has 0 fully saturated rings. The Kier molecular flexibility index (Phi) is 94.1. The predicted octanol–water partition coefficient (Wildman–Crippen LogP) is 4.44. The second kappa shape index (κ2) is 50.3. The summed E-state index contributed by atoms with van der Waals surface area (Å²) in [4.78, 5) is 0. The van der Waals surface area contributed by atoms with Crippen LogP contribution in [0.4, 0.5) is 0 Å². The van der Waals surface area contributed by atoms with Crippen LogP contribution >= 0.6 is 0 Å². The van der Waals surface area contributed by atoms with Gasteiger partial charge in [-0.3, -0.25) is 0 Å². The van der Waals surface area contributed by atoms with E-state index >= 15 is 0 Å². The molecule has 0 aliphatic rings. The van der Waals surface area contributed by atoms with Crippen molar-refractivity contribution in [2.24, 2.45) is 0 Å². The SMILES string of the molecule is C.C#C.C=C.CC=CCCCC. The van der Waals surface area contributed by atoms with Gasteiger partial charge in [0.05, 0.1) is 0 Å². The van der Waals surface area contributed by atoms with E-state index in [4.69, 9.17) is 0 Å². The van der Waals surface area contributed by atoms with Crippen LogP contribution < -0.4 is 0 Å². The van der Waals surface area contributed by atoms with E-state index in [9.17, 15) is 0 Å². The molecule has 0 nitrogen and oxygen atoms in total. The van der Waals surface area contributed by atoms with Crippen LogP contribution in [0, 0.1) is 12.8 Å². The number of allylic oxidation sites excluding steroid dienone is 2. The first-order valence-electron chi connectivity index (χ1n) is 3.86. The molecule has 0 atom stereocenters. The lowest BCUT2D eigenvalue weighted by molar-refractivity contribution is 0.814. The molecule has 0 radical (unpaired) electrons. The van der Waals surface area contributed by atoms with Crippen molar-refractivity contribution in [3.63, 3.8) is 0 Å². The van der Waals surface area contributed by atoms with Crippen molar-refractivity contribution in [3.8, 4) is 12.8 Å². The molecule has 0 N–H and O–H groups in total. The van der Waals surface area contributed by atoms with Gasteiger partial charge >= 0.3 is 0 Å². The van der Waals surface area contributed by atoms with Crippen molar-refractivity contribution in [1.82, 2.24) is 0 Å². The highest BCUT2D eigenvalue weighted by Gasteiger charge is 1.73. The third-order valence-electron chi connectivity index (χ3n) is 0.960. The summed E-state index contributed by atoms with van der Waals surface area (Å²) < 4.78 is 0. The minimum absolute atomic E-state index is 0. The Balaban J connectivity index is -0.0000000560. The monoisotopic (exact) mass is 168 g/mol. The highest BCUT2D eigenvalue weighted by atomic mass is 13.8. The first-order valence-corrected chi connectivity index (χ1v) is 3.86. The molecule has 12 heavy (non-hydrogen) atoms. The van der Waals surface area contributed by atoms with E-state index in [0.29, 0.717) is 0 Å². The van der Waals surface area contributed by atoms with Gasteiger partial charge < -0.3 is 0 Å². The maximum absolute atomic E-state index is 4.00. The van der Waals surface area contributed by atoms with Crippen molar-refractivity contribution in [2.75, 3.05) is 0 Å². The summed E-state index contributed by atoms with van der Waals surface area (Å²) in [7, 11) is 0. The minimum Gasteiger partial charge on any atom is -0.124 e. The number of hydrogen-bond donors (Lipinski definition) is 0. The van der Waals surface area contributed by atoms with Gasteiger partial charge in [-0.1, -0.05) is 39.3 Å². The Morgan fingerprint density at radius 1 is 1.25 bits per heavy atom. The second-order valence-corrected chi connectivity index (χ2v) is 1.71. The second-order valence-electron chi connectivity index (χ2n) is 1.71. The minimum atomic E-state index is 0. The first kappa shape index (κ1) is 22.5. The van der Waals surface area contributed by atoms with Gasteiger partial charge in [0.2, 0.25) is 0 Å². The first-order chi connectivity index (χ1) is 5.41. The number of rotatable bonds is 3. The summed E-state index contributed by atoms with van der Waals surface area (Å²) in [6, 6.07) is 0. The van der Waals surface area contributed by atoms with Gasteiger partial charge in [-0.2, -0.15) is 0 Å². The van der Waals surface area contributed by atoms with E-state index in [1.165, 1.54) is 19.3 Å². The summed E-state index contributed by atoms with van der Waals surface area (Å²) in [5, 5.41) is 0. The van der Waals surface area contributed by atoms with Crippen molar-refractivity contribution in [1.29, 1.82) is 0 Å². The Morgan fingerprint density at radius 3 is 1.92 bits per heavy atom. The van der Waals surface area contributed by atoms with E-state index in [-0.39, 0.29) is 7.43 Å². The Labute approximate surface area is 79.4 Å². The van der Waals surface area contributed by atoms with Gasteiger partial charge in [-0.15, -0.1) is 26.0 Å². The van der Waals surface area contributed by atoms with Gasteiger partial charge in [0.25, 0.3) is 0 Å². The van der Waals surface area contributed by atoms with Crippen LogP contribution in [0.25, 0.3) is 0 Å². The zero-order valence-corrected chi connectivity index (χ0v) is 7.84. The fraction of sp³-hybridized carbons (Fsp3) is 0.500. The molecule has 0 heteroatoms. The van der Waals surface area contributed by atoms with Gasteiger partial charge in [0.15, 0.2) is 0 Å². The molecule has 0 aromatic heterocycles. The van der Waals surface area contributed by atoms with Crippen LogP contribution in [0.3, 0.4) is 0 Å². The van der Waals surface area contributed by atoms with E-state index in [1.54, 1.807) is 0 Å². The molecule has 0 aliphatic heterocycles. The third kappa shape index (κ3) is 63.2. The van der Waals surface area contributed by atoms with Crippen LogP contribution in [0.5, 0.6) is 0 Å². The molecule has 0 heterocycles. The molecule has 0 aliphatic carbocycles. The lowest BCUT2D eigenvalue weighted by Gasteiger charge is -1.83. The fourth-order valence-electron chi connectivity index (χ4n) is 0.489. The highest BCUT2D eigenvalue weighted by molar-refractivity contribution is 4.75.